The maximum atomic E-state index is 12.6. The number of carbonyl (C=O) groups excluding carboxylic acids is 1. The van der Waals surface area contributed by atoms with Crippen molar-refractivity contribution in [2.45, 2.75) is 0 Å². The van der Waals surface area contributed by atoms with Gasteiger partial charge in [0.1, 0.15) is 0 Å². The largest absolute Gasteiger partial charge is 0.273 e. The maximum absolute atomic E-state index is 12.6. The van der Waals surface area contributed by atoms with Gasteiger partial charge < -0.3 is 0 Å². The second-order valence-electron chi connectivity index (χ2n) is 4.38. The van der Waals surface area contributed by atoms with Crippen molar-refractivity contribution < 1.29 is 4.79 Å². The van der Waals surface area contributed by atoms with Crippen molar-refractivity contribution in [1.82, 2.24) is 0 Å². The molecule has 1 amide bonds. The van der Waals surface area contributed by atoms with E-state index >= 15 is 0 Å². The second kappa shape index (κ2) is 4.83. The highest BCUT2D eigenvalue weighted by Crippen LogP contribution is 2.26. The number of aliphatic imine (C=N–C) groups is 1. The predicted octanol–water partition coefficient (Wildman–Crippen LogP) is 2.37. The van der Waals surface area contributed by atoms with E-state index in [0.29, 0.717) is 17.0 Å². The quantitative estimate of drug-likeness (QED) is 0.742. The maximum Gasteiger partial charge on any atom is 0.246 e. The number of fused-ring (bicyclic) bond motifs is 1. The number of nitrogens with zero attached hydrogens (tertiary/aromatic N) is 3. The third kappa shape index (κ3) is 1.96. The molecule has 1 unspecified atom stereocenters. The summed E-state index contributed by atoms with van der Waals surface area (Å²) in [6.45, 7) is 0. The molecule has 0 saturated heterocycles. The molecule has 1 aromatic carbocycles. The summed E-state index contributed by atoms with van der Waals surface area (Å²) in [5, 5.41) is 9.15. The molecule has 0 fully saturated rings. The van der Waals surface area contributed by atoms with Gasteiger partial charge in [0.25, 0.3) is 0 Å². The third-order valence-corrected chi connectivity index (χ3v) is 3.41. The third-order valence-electron chi connectivity index (χ3n) is 3.14. The van der Waals surface area contributed by atoms with Crippen LogP contribution in [0.5, 0.6) is 0 Å². The predicted molar refractivity (Wildman–Crippen MR) is 80.4 cm³/mol. The average molecular weight is 279 g/mol. The lowest BCUT2D eigenvalue weighted by atomic mass is 9.95. The fraction of sp³-hybridized carbons (Fsp3) is 0.0667. The van der Waals surface area contributed by atoms with E-state index < -0.39 is 5.92 Å². The lowest BCUT2D eigenvalue weighted by Crippen LogP contribution is -2.46. The first-order valence-corrected chi connectivity index (χ1v) is 6.43. The topological polar surface area (TPSA) is 56.5 Å². The Balaban J connectivity index is 2.06. The summed E-state index contributed by atoms with van der Waals surface area (Å²) in [7, 11) is 0. The van der Waals surface area contributed by atoms with Crippen LogP contribution in [0.4, 0.5) is 5.69 Å². The number of anilines is 1. The standard InChI is InChI=1S/C15H9N3OS/c16-9-10-4-3-5-11(8-10)18-14(19)12-6-1-2-7-13(12)17-15(18)20/h1-8,12H. The zero-order valence-corrected chi connectivity index (χ0v) is 11.2. The van der Waals surface area contributed by atoms with Gasteiger partial charge in [-0.3, -0.25) is 9.69 Å². The molecule has 0 N–H and O–H groups in total. The molecule has 1 aliphatic heterocycles. The molecule has 0 saturated carbocycles. The van der Waals surface area contributed by atoms with Gasteiger partial charge >= 0.3 is 0 Å². The van der Waals surface area contributed by atoms with Gasteiger partial charge in [0, 0.05) is 0 Å². The highest BCUT2D eigenvalue weighted by molar-refractivity contribution is 7.80. The summed E-state index contributed by atoms with van der Waals surface area (Å²) in [6, 6.07) is 8.83. The van der Waals surface area contributed by atoms with Gasteiger partial charge in [0.05, 0.1) is 28.9 Å². The molecule has 1 aliphatic carbocycles. The number of thiocarbonyl (C=S) groups is 1. The Hall–Kier alpha value is -2.58. The Kier molecular flexibility index (Phi) is 3.01. The SMILES string of the molecule is N#Cc1cccc(N2C(=O)C3C=CC=CC3=NC2=S)c1. The molecule has 0 aromatic heterocycles. The van der Waals surface area contributed by atoms with E-state index in [-0.39, 0.29) is 11.0 Å². The molecule has 3 rings (SSSR count). The van der Waals surface area contributed by atoms with Crippen LogP contribution in [-0.2, 0) is 4.79 Å². The number of amides is 1. The summed E-state index contributed by atoms with van der Waals surface area (Å²) < 4.78 is 0. The van der Waals surface area contributed by atoms with Crippen LogP contribution in [0.3, 0.4) is 0 Å². The van der Waals surface area contributed by atoms with E-state index in [2.05, 4.69) is 11.1 Å². The number of allylic oxidation sites excluding steroid dienone is 3. The van der Waals surface area contributed by atoms with Gasteiger partial charge in [-0.1, -0.05) is 24.3 Å². The first-order chi connectivity index (χ1) is 9.70. The molecular weight excluding hydrogens is 270 g/mol. The van der Waals surface area contributed by atoms with Crippen molar-refractivity contribution in [3.05, 3.63) is 54.1 Å². The van der Waals surface area contributed by atoms with Gasteiger partial charge in [-0.2, -0.15) is 5.26 Å². The van der Waals surface area contributed by atoms with Gasteiger partial charge in [0.2, 0.25) is 11.0 Å². The Morgan fingerprint density at radius 2 is 2.20 bits per heavy atom. The van der Waals surface area contributed by atoms with Crippen molar-refractivity contribution in [3.63, 3.8) is 0 Å². The van der Waals surface area contributed by atoms with E-state index in [9.17, 15) is 4.79 Å². The van der Waals surface area contributed by atoms with Crippen molar-refractivity contribution >= 4 is 34.6 Å². The Labute approximate surface area is 121 Å². The van der Waals surface area contributed by atoms with Gasteiger partial charge in [-0.15, -0.1) is 0 Å². The number of hydrogen-bond donors (Lipinski definition) is 0. The number of nitriles is 1. The van der Waals surface area contributed by atoms with Crippen LogP contribution in [0, 0.1) is 17.2 Å². The van der Waals surface area contributed by atoms with Crippen LogP contribution in [-0.4, -0.2) is 16.7 Å². The van der Waals surface area contributed by atoms with E-state index in [1.54, 1.807) is 36.4 Å². The van der Waals surface area contributed by atoms with Crippen LogP contribution < -0.4 is 4.90 Å². The molecule has 0 spiro atoms. The van der Waals surface area contributed by atoms with E-state index in [1.807, 2.05) is 12.2 Å². The molecule has 0 bridgehead atoms. The molecule has 4 nitrogen and oxygen atoms in total. The molecule has 20 heavy (non-hydrogen) atoms. The zero-order chi connectivity index (χ0) is 14.1. The van der Waals surface area contributed by atoms with Crippen LogP contribution in [0.15, 0.2) is 53.6 Å². The minimum atomic E-state index is -0.405. The summed E-state index contributed by atoms with van der Waals surface area (Å²) in [5.74, 6) is -0.548. The van der Waals surface area contributed by atoms with Crippen molar-refractivity contribution in [1.29, 1.82) is 5.26 Å². The smallest absolute Gasteiger partial charge is 0.246 e. The molecule has 96 valence electrons. The van der Waals surface area contributed by atoms with Crippen LogP contribution in [0.25, 0.3) is 0 Å². The highest BCUT2D eigenvalue weighted by atomic mass is 32.1. The summed E-state index contributed by atoms with van der Waals surface area (Å²) in [6.07, 6.45) is 7.24. The molecule has 1 heterocycles. The second-order valence-corrected chi connectivity index (χ2v) is 4.74. The Morgan fingerprint density at radius 3 is 3.00 bits per heavy atom. The zero-order valence-electron chi connectivity index (χ0n) is 10.4. The van der Waals surface area contributed by atoms with Gasteiger partial charge in [-0.05, 0) is 36.5 Å². The average Bonchev–Trinajstić information content (AvgIpc) is 2.47. The van der Waals surface area contributed by atoms with Crippen molar-refractivity contribution in [2.24, 2.45) is 10.9 Å². The van der Waals surface area contributed by atoms with Gasteiger partial charge in [-0.25, -0.2) is 4.99 Å². The normalized spacial score (nSPS) is 20.4. The summed E-state index contributed by atoms with van der Waals surface area (Å²) >= 11 is 5.21. The number of hydrogen-bond acceptors (Lipinski definition) is 3. The summed E-state index contributed by atoms with van der Waals surface area (Å²) in [5.41, 5.74) is 1.71. The molecular formula is C15H9N3OS. The molecule has 1 aromatic rings. The molecule has 2 aliphatic rings. The van der Waals surface area contributed by atoms with E-state index in [1.165, 1.54) is 4.90 Å². The fourth-order valence-corrected chi connectivity index (χ4v) is 2.49. The minimum absolute atomic E-state index is 0.143. The van der Waals surface area contributed by atoms with Crippen molar-refractivity contribution in [3.8, 4) is 6.07 Å². The number of benzene rings is 1. The number of carbonyl (C=O) groups is 1. The fourth-order valence-electron chi connectivity index (χ4n) is 2.19. The minimum Gasteiger partial charge on any atom is -0.273 e. The van der Waals surface area contributed by atoms with E-state index in [4.69, 9.17) is 17.5 Å². The lowest BCUT2D eigenvalue weighted by Gasteiger charge is -2.30. The Bertz CT molecular complexity index is 740. The molecule has 1 atom stereocenters. The first-order valence-electron chi connectivity index (χ1n) is 6.02. The van der Waals surface area contributed by atoms with Crippen LogP contribution in [0.2, 0.25) is 0 Å². The van der Waals surface area contributed by atoms with Crippen LogP contribution >= 0.6 is 12.2 Å². The molecule has 5 heteroatoms. The lowest BCUT2D eigenvalue weighted by molar-refractivity contribution is -0.118. The van der Waals surface area contributed by atoms with Crippen molar-refractivity contribution in [2.75, 3.05) is 4.90 Å². The van der Waals surface area contributed by atoms with Gasteiger partial charge in [0.15, 0.2) is 0 Å². The summed E-state index contributed by atoms with van der Waals surface area (Å²) in [4.78, 5) is 18.2. The molecule has 0 radical (unpaired) electrons. The van der Waals surface area contributed by atoms with E-state index in [0.717, 1.165) is 0 Å². The van der Waals surface area contributed by atoms with Crippen LogP contribution in [0.1, 0.15) is 5.56 Å². The Morgan fingerprint density at radius 1 is 1.35 bits per heavy atom. The first kappa shape index (κ1) is 12.5. The monoisotopic (exact) mass is 279 g/mol. The number of rotatable bonds is 1. The highest BCUT2D eigenvalue weighted by Gasteiger charge is 2.34.